The van der Waals surface area contributed by atoms with Crippen molar-refractivity contribution in [2.45, 2.75) is 13.8 Å². The van der Waals surface area contributed by atoms with Gasteiger partial charge in [0, 0.05) is 27.1 Å². The van der Waals surface area contributed by atoms with Crippen molar-refractivity contribution >= 4 is 27.5 Å². The molecule has 0 bridgehead atoms. The molecule has 26 heavy (non-hydrogen) atoms. The van der Waals surface area contributed by atoms with E-state index in [1.165, 1.54) is 0 Å². The van der Waals surface area contributed by atoms with Crippen LogP contribution in [0.4, 0.5) is 0 Å². The summed E-state index contributed by atoms with van der Waals surface area (Å²) in [6.45, 7) is 8.19. The molecule has 3 rings (SSSR count). The number of carbonyl (C=O) groups is 1. The molecule has 3 aromatic rings. The molecule has 134 valence electrons. The Hall–Kier alpha value is -3.01. The van der Waals surface area contributed by atoms with Gasteiger partial charge in [-0.3, -0.25) is 0 Å². The summed E-state index contributed by atoms with van der Waals surface area (Å²) in [4.78, 5) is 11.5. The molecular weight excluding hydrogens is 328 g/mol. The van der Waals surface area contributed by atoms with Crippen LogP contribution in [0.1, 0.15) is 13.8 Å². The highest BCUT2D eigenvalue weighted by atomic mass is 16.6. The van der Waals surface area contributed by atoms with Crippen molar-refractivity contribution in [3.05, 3.63) is 60.7 Å². The molecule has 0 saturated carbocycles. The highest BCUT2D eigenvalue weighted by molar-refractivity contribution is 6.11. The number of ether oxygens (including phenoxy) is 3. The normalized spacial score (nSPS) is 10.7. The molecule has 0 fully saturated rings. The van der Waals surface area contributed by atoms with Gasteiger partial charge in [0.15, 0.2) is 0 Å². The number of carbonyl (C=O) groups excluding carboxylic acids is 1. The van der Waals surface area contributed by atoms with Crippen molar-refractivity contribution in [1.82, 2.24) is 0 Å². The minimum Gasteiger partial charge on any atom is -0.493 e. The molecule has 0 aliphatic rings. The monoisotopic (exact) mass is 350 g/mol. The van der Waals surface area contributed by atoms with Crippen LogP contribution in [0.5, 0.6) is 11.5 Å². The molecule has 0 aliphatic carbocycles. The SMILES string of the molecule is C=C(C)C(=O)OCCOc1c2ccccc2c(OCC)c2ccccc12. The van der Waals surface area contributed by atoms with Crippen molar-refractivity contribution in [3.63, 3.8) is 0 Å². The Morgan fingerprint density at radius 2 is 1.31 bits per heavy atom. The third-order valence-corrected chi connectivity index (χ3v) is 4.03. The highest BCUT2D eigenvalue weighted by Gasteiger charge is 2.15. The molecular formula is C22H22O4. The first kappa shape index (κ1) is 17.8. The van der Waals surface area contributed by atoms with E-state index in [1.54, 1.807) is 6.92 Å². The number of hydrogen-bond acceptors (Lipinski definition) is 4. The first-order valence-corrected chi connectivity index (χ1v) is 8.65. The fourth-order valence-corrected chi connectivity index (χ4v) is 2.91. The fraction of sp³-hybridized carbons (Fsp3) is 0.227. The van der Waals surface area contributed by atoms with E-state index in [9.17, 15) is 4.79 Å². The molecule has 0 N–H and O–H groups in total. The van der Waals surface area contributed by atoms with Gasteiger partial charge in [0.25, 0.3) is 0 Å². The van der Waals surface area contributed by atoms with Crippen LogP contribution < -0.4 is 9.47 Å². The lowest BCUT2D eigenvalue weighted by Crippen LogP contribution is -2.12. The van der Waals surface area contributed by atoms with Gasteiger partial charge < -0.3 is 14.2 Å². The van der Waals surface area contributed by atoms with Gasteiger partial charge in [-0.05, 0) is 13.8 Å². The van der Waals surface area contributed by atoms with Crippen LogP contribution in [0.25, 0.3) is 21.5 Å². The molecule has 0 heterocycles. The second-order valence-corrected chi connectivity index (χ2v) is 5.95. The minimum absolute atomic E-state index is 0.168. The Labute approximate surface area is 153 Å². The standard InChI is InChI=1S/C22H22O4/c1-4-24-20-16-9-5-7-11-18(16)21(19-12-8-6-10-17(19)20)25-13-14-26-22(23)15(2)3/h5-12H,2,4,13-14H2,1,3H3. The Kier molecular flexibility index (Phi) is 5.42. The molecule has 3 aromatic carbocycles. The van der Waals surface area contributed by atoms with Crippen molar-refractivity contribution < 1.29 is 19.0 Å². The first-order valence-electron chi connectivity index (χ1n) is 8.65. The molecule has 0 spiro atoms. The Balaban J connectivity index is 1.99. The lowest BCUT2D eigenvalue weighted by Gasteiger charge is -2.17. The predicted molar refractivity (Wildman–Crippen MR) is 104 cm³/mol. The van der Waals surface area contributed by atoms with E-state index in [1.807, 2.05) is 55.5 Å². The summed E-state index contributed by atoms with van der Waals surface area (Å²) in [6.07, 6.45) is 0. The highest BCUT2D eigenvalue weighted by Crippen LogP contribution is 2.42. The smallest absolute Gasteiger partial charge is 0.333 e. The second-order valence-electron chi connectivity index (χ2n) is 5.95. The van der Waals surface area contributed by atoms with Crippen LogP contribution in [0, 0.1) is 0 Å². The van der Waals surface area contributed by atoms with Gasteiger partial charge in [0.1, 0.15) is 24.7 Å². The molecule has 0 aromatic heterocycles. The first-order chi connectivity index (χ1) is 12.6. The quantitative estimate of drug-likeness (QED) is 0.263. The van der Waals surface area contributed by atoms with Gasteiger partial charge in [-0.1, -0.05) is 55.1 Å². The van der Waals surface area contributed by atoms with Gasteiger partial charge >= 0.3 is 5.97 Å². The zero-order valence-electron chi connectivity index (χ0n) is 15.1. The van der Waals surface area contributed by atoms with Gasteiger partial charge in [0.05, 0.1) is 6.61 Å². The summed E-state index contributed by atoms with van der Waals surface area (Å²) in [6, 6.07) is 16.0. The second kappa shape index (κ2) is 7.91. The molecule has 0 atom stereocenters. The maximum Gasteiger partial charge on any atom is 0.333 e. The predicted octanol–water partition coefficient (Wildman–Crippen LogP) is 4.89. The van der Waals surface area contributed by atoms with Crippen molar-refractivity contribution in [2.24, 2.45) is 0 Å². The fourth-order valence-electron chi connectivity index (χ4n) is 2.91. The van der Waals surface area contributed by atoms with Crippen molar-refractivity contribution in [1.29, 1.82) is 0 Å². The summed E-state index contributed by atoms with van der Waals surface area (Å²) >= 11 is 0. The summed E-state index contributed by atoms with van der Waals surface area (Å²) in [7, 11) is 0. The van der Waals surface area contributed by atoms with Gasteiger partial charge in [-0.25, -0.2) is 4.79 Å². The summed E-state index contributed by atoms with van der Waals surface area (Å²) in [5.74, 6) is 1.22. The van der Waals surface area contributed by atoms with Crippen LogP contribution in [-0.4, -0.2) is 25.8 Å². The van der Waals surface area contributed by atoms with Gasteiger partial charge in [-0.2, -0.15) is 0 Å². The summed E-state index contributed by atoms with van der Waals surface area (Å²) < 4.78 is 17.1. The Morgan fingerprint density at radius 1 is 0.846 bits per heavy atom. The average molecular weight is 350 g/mol. The molecule has 0 saturated heterocycles. The lowest BCUT2D eigenvalue weighted by atomic mass is 10.0. The van der Waals surface area contributed by atoms with E-state index in [4.69, 9.17) is 14.2 Å². The van der Waals surface area contributed by atoms with Crippen LogP contribution in [-0.2, 0) is 9.53 Å². The molecule has 0 unspecified atom stereocenters. The zero-order chi connectivity index (χ0) is 18.5. The van der Waals surface area contributed by atoms with Gasteiger partial charge in [-0.15, -0.1) is 0 Å². The van der Waals surface area contributed by atoms with E-state index in [0.717, 1.165) is 33.0 Å². The van der Waals surface area contributed by atoms with Crippen LogP contribution >= 0.6 is 0 Å². The maximum atomic E-state index is 11.5. The van der Waals surface area contributed by atoms with Crippen molar-refractivity contribution in [2.75, 3.05) is 19.8 Å². The van der Waals surface area contributed by atoms with E-state index >= 15 is 0 Å². The molecule has 4 heteroatoms. The maximum absolute atomic E-state index is 11.5. The minimum atomic E-state index is -0.407. The van der Waals surface area contributed by atoms with Crippen LogP contribution in [0.15, 0.2) is 60.7 Å². The molecule has 0 amide bonds. The molecule has 4 nitrogen and oxygen atoms in total. The Bertz CT molecular complexity index is 902. The van der Waals surface area contributed by atoms with E-state index in [-0.39, 0.29) is 13.2 Å². The summed E-state index contributed by atoms with van der Waals surface area (Å²) in [5, 5.41) is 3.95. The van der Waals surface area contributed by atoms with Crippen molar-refractivity contribution in [3.8, 4) is 11.5 Å². The van der Waals surface area contributed by atoms with E-state index < -0.39 is 5.97 Å². The number of fused-ring (bicyclic) bond motifs is 2. The van der Waals surface area contributed by atoms with Crippen LogP contribution in [0.2, 0.25) is 0 Å². The van der Waals surface area contributed by atoms with E-state index in [2.05, 4.69) is 6.58 Å². The Morgan fingerprint density at radius 3 is 1.73 bits per heavy atom. The van der Waals surface area contributed by atoms with E-state index in [0.29, 0.717) is 12.2 Å². The number of hydrogen-bond donors (Lipinski definition) is 0. The van der Waals surface area contributed by atoms with Crippen LogP contribution in [0.3, 0.4) is 0 Å². The third-order valence-electron chi connectivity index (χ3n) is 4.03. The zero-order valence-corrected chi connectivity index (χ0v) is 15.1. The number of esters is 1. The lowest BCUT2D eigenvalue weighted by molar-refractivity contribution is -0.139. The number of benzene rings is 3. The average Bonchev–Trinajstić information content (AvgIpc) is 2.66. The topological polar surface area (TPSA) is 44.8 Å². The number of rotatable bonds is 7. The third kappa shape index (κ3) is 3.49. The molecule has 0 radical (unpaired) electrons. The molecule has 0 aliphatic heterocycles. The van der Waals surface area contributed by atoms with Gasteiger partial charge in [0.2, 0.25) is 0 Å². The summed E-state index contributed by atoms with van der Waals surface area (Å²) in [5.41, 5.74) is 0.377. The largest absolute Gasteiger partial charge is 0.493 e.